The Balaban J connectivity index is 2.32. The highest BCUT2D eigenvalue weighted by Gasteiger charge is 2.06. The van der Waals surface area contributed by atoms with Crippen LogP contribution < -0.4 is 0 Å². The van der Waals surface area contributed by atoms with Crippen molar-refractivity contribution in [2.75, 3.05) is 7.11 Å². The summed E-state index contributed by atoms with van der Waals surface area (Å²) in [5.74, 6) is -0.387. The summed E-state index contributed by atoms with van der Waals surface area (Å²) in [6.07, 6.45) is 1.81. The molecule has 2 aromatic carbocycles. The zero-order valence-corrected chi connectivity index (χ0v) is 11.0. The Morgan fingerprint density at radius 1 is 1.05 bits per heavy atom. The van der Waals surface area contributed by atoms with Gasteiger partial charge in [-0.15, -0.1) is 0 Å². The number of hydrogen-bond donors (Lipinski definition) is 0. The molecule has 0 saturated heterocycles. The Morgan fingerprint density at radius 2 is 1.65 bits per heavy atom. The lowest BCUT2D eigenvalue weighted by Crippen LogP contribution is -2.00. The van der Waals surface area contributed by atoms with Gasteiger partial charge >= 0.3 is 5.97 Å². The SMILES string of the molecule is COC(=O)c1ccc(C(C#N)=Cc2ccccc2)cc1. The number of allylic oxidation sites excluding steroid dienone is 1. The smallest absolute Gasteiger partial charge is 0.337 e. The number of methoxy groups -OCH3 is 1. The second kappa shape index (κ2) is 6.35. The number of rotatable bonds is 3. The van der Waals surface area contributed by atoms with Crippen LogP contribution in [0.25, 0.3) is 11.6 Å². The number of hydrogen-bond acceptors (Lipinski definition) is 3. The standard InChI is InChI=1S/C17H13NO2/c1-20-17(19)15-9-7-14(8-10-15)16(12-18)11-13-5-3-2-4-6-13/h2-11H,1H3. The molecule has 0 aliphatic rings. The predicted octanol–water partition coefficient (Wildman–Crippen LogP) is 3.54. The monoisotopic (exact) mass is 263 g/mol. The van der Waals surface area contributed by atoms with Crippen LogP contribution in [0.2, 0.25) is 0 Å². The third-order valence-electron chi connectivity index (χ3n) is 2.85. The fourth-order valence-corrected chi connectivity index (χ4v) is 1.80. The quantitative estimate of drug-likeness (QED) is 0.483. The Bertz CT molecular complexity index is 664. The van der Waals surface area contributed by atoms with E-state index in [0.717, 1.165) is 11.1 Å². The Kier molecular flexibility index (Phi) is 4.31. The number of nitriles is 1. The lowest BCUT2D eigenvalue weighted by Gasteiger charge is -2.02. The van der Waals surface area contributed by atoms with E-state index in [1.807, 2.05) is 36.4 Å². The third kappa shape index (κ3) is 3.12. The van der Waals surface area contributed by atoms with E-state index in [1.54, 1.807) is 24.3 Å². The van der Waals surface area contributed by atoms with Gasteiger partial charge in [-0.05, 0) is 29.3 Å². The average Bonchev–Trinajstić information content (AvgIpc) is 2.53. The highest BCUT2D eigenvalue weighted by Crippen LogP contribution is 2.18. The summed E-state index contributed by atoms with van der Waals surface area (Å²) in [6, 6.07) is 18.6. The maximum atomic E-state index is 11.4. The van der Waals surface area contributed by atoms with Crippen LogP contribution in [0.5, 0.6) is 0 Å². The molecule has 98 valence electrons. The molecule has 0 radical (unpaired) electrons. The van der Waals surface area contributed by atoms with E-state index < -0.39 is 0 Å². The number of carbonyl (C=O) groups excluding carboxylic acids is 1. The van der Waals surface area contributed by atoms with Gasteiger partial charge in [0.05, 0.1) is 24.3 Å². The predicted molar refractivity (Wildman–Crippen MR) is 77.7 cm³/mol. The highest BCUT2D eigenvalue weighted by molar-refractivity contribution is 5.92. The minimum Gasteiger partial charge on any atom is -0.465 e. The van der Waals surface area contributed by atoms with Crippen molar-refractivity contribution in [3.63, 3.8) is 0 Å². The summed E-state index contributed by atoms with van der Waals surface area (Å²) in [5.41, 5.74) is 2.74. The van der Waals surface area contributed by atoms with Gasteiger partial charge in [0.2, 0.25) is 0 Å². The number of ether oxygens (including phenoxy) is 1. The second-order valence-corrected chi connectivity index (χ2v) is 4.15. The van der Waals surface area contributed by atoms with Gasteiger partial charge in [-0.25, -0.2) is 4.79 Å². The van der Waals surface area contributed by atoms with Crippen molar-refractivity contribution in [2.24, 2.45) is 0 Å². The lowest BCUT2D eigenvalue weighted by molar-refractivity contribution is 0.0600. The van der Waals surface area contributed by atoms with E-state index in [2.05, 4.69) is 10.8 Å². The minimum atomic E-state index is -0.387. The van der Waals surface area contributed by atoms with Crippen molar-refractivity contribution in [1.82, 2.24) is 0 Å². The first-order chi connectivity index (χ1) is 9.74. The number of carbonyl (C=O) groups is 1. The molecule has 0 atom stereocenters. The molecule has 0 N–H and O–H groups in total. The van der Waals surface area contributed by atoms with Gasteiger partial charge in [-0.3, -0.25) is 0 Å². The van der Waals surface area contributed by atoms with Crippen LogP contribution in [0, 0.1) is 11.3 Å². The molecule has 0 aliphatic carbocycles. The van der Waals surface area contributed by atoms with E-state index in [9.17, 15) is 10.1 Å². The molecule has 0 bridgehead atoms. The Labute approximate surface area is 117 Å². The van der Waals surface area contributed by atoms with E-state index in [4.69, 9.17) is 0 Å². The van der Waals surface area contributed by atoms with Crippen molar-refractivity contribution in [1.29, 1.82) is 5.26 Å². The van der Waals surface area contributed by atoms with E-state index in [-0.39, 0.29) is 5.97 Å². The van der Waals surface area contributed by atoms with Crippen molar-refractivity contribution < 1.29 is 9.53 Å². The van der Waals surface area contributed by atoms with E-state index in [0.29, 0.717) is 11.1 Å². The molecule has 2 aromatic rings. The fourth-order valence-electron chi connectivity index (χ4n) is 1.80. The molecule has 0 aromatic heterocycles. The molecule has 3 nitrogen and oxygen atoms in total. The number of nitrogens with zero attached hydrogens (tertiary/aromatic N) is 1. The van der Waals surface area contributed by atoms with Crippen molar-refractivity contribution >= 4 is 17.6 Å². The molecule has 0 spiro atoms. The molecule has 2 rings (SSSR count). The maximum Gasteiger partial charge on any atom is 0.337 e. The largest absolute Gasteiger partial charge is 0.465 e. The maximum absolute atomic E-state index is 11.4. The molecular formula is C17H13NO2. The van der Waals surface area contributed by atoms with Gasteiger partial charge in [-0.1, -0.05) is 42.5 Å². The van der Waals surface area contributed by atoms with Crippen LogP contribution in [-0.4, -0.2) is 13.1 Å². The summed E-state index contributed by atoms with van der Waals surface area (Å²) in [4.78, 5) is 11.4. The molecule has 0 heterocycles. The van der Waals surface area contributed by atoms with Gasteiger partial charge in [0.1, 0.15) is 0 Å². The first kappa shape index (κ1) is 13.6. The average molecular weight is 263 g/mol. The molecule has 0 unspecified atom stereocenters. The first-order valence-corrected chi connectivity index (χ1v) is 6.10. The summed E-state index contributed by atoms with van der Waals surface area (Å²) < 4.78 is 4.64. The third-order valence-corrected chi connectivity index (χ3v) is 2.85. The topological polar surface area (TPSA) is 50.1 Å². The zero-order chi connectivity index (χ0) is 14.4. The molecule has 3 heteroatoms. The van der Waals surface area contributed by atoms with Gasteiger partial charge < -0.3 is 4.74 Å². The van der Waals surface area contributed by atoms with Crippen molar-refractivity contribution in [3.8, 4) is 6.07 Å². The van der Waals surface area contributed by atoms with Crippen molar-refractivity contribution in [2.45, 2.75) is 0 Å². The van der Waals surface area contributed by atoms with E-state index >= 15 is 0 Å². The van der Waals surface area contributed by atoms with Crippen LogP contribution in [0.4, 0.5) is 0 Å². The van der Waals surface area contributed by atoms with Crippen LogP contribution in [0.1, 0.15) is 21.5 Å². The molecule has 0 aliphatic heterocycles. The van der Waals surface area contributed by atoms with Gasteiger partial charge in [0.15, 0.2) is 0 Å². The van der Waals surface area contributed by atoms with Crippen molar-refractivity contribution in [3.05, 3.63) is 71.3 Å². The van der Waals surface area contributed by atoms with E-state index in [1.165, 1.54) is 7.11 Å². The summed E-state index contributed by atoms with van der Waals surface area (Å²) in [7, 11) is 1.34. The number of benzene rings is 2. The van der Waals surface area contributed by atoms with Gasteiger partial charge in [-0.2, -0.15) is 5.26 Å². The number of esters is 1. The van der Waals surface area contributed by atoms with Crippen LogP contribution >= 0.6 is 0 Å². The highest BCUT2D eigenvalue weighted by atomic mass is 16.5. The summed E-state index contributed by atoms with van der Waals surface area (Å²) in [5, 5.41) is 9.26. The molecule has 0 saturated carbocycles. The molecule has 0 amide bonds. The molecule has 0 fully saturated rings. The summed E-state index contributed by atoms with van der Waals surface area (Å²) in [6.45, 7) is 0. The summed E-state index contributed by atoms with van der Waals surface area (Å²) >= 11 is 0. The minimum absolute atomic E-state index is 0.387. The fraction of sp³-hybridized carbons (Fsp3) is 0.0588. The van der Waals surface area contributed by atoms with Gasteiger partial charge in [0, 0.05) is 0 Å². The van der Waals surface area contributed by atoms with Crippen LogP contribution in [-0.2, 0) is 4.74 Å². The Morgan fingerprint density at radius 3 is 2.20 bits per heavy atom. The normalized spacial score (nSPS) is 10.7. The van der Waals surface area contributed by atoms with Gasteiger partial charge in [0.25, 0.3) is 0 Å². The molecular weight excluding hydrogens is 250 g/mol. The Hall–Kier alpha value is -2.86. The zero-order valence-electron chi connectivity index (χ0n) is 11.0. The van der Waals surface area contributed by atoms with Crippen LogP contribution in [0.15, 0.2) is 54.6 Å². The lowest BCUT2D eigenvalue weighted by atomic mass is 10.0. The van der Waals surface area contributed by atoms with Crippen LogP contribution in [0.3, 0.4) is 0 Å². The molecule has 20 heavy (non-hydrogen) atoms. The second-order valence-electron chi connectivity index (χ2n) is 4.15. The first-order valence-electron chi connectivity index (χ1n) is 6.10.